The molecule has 0 radical (unpaired) electrons. The molecule has 1 heterocycles. The summed E-state index contributed by atoms with van der Waals surface area (Å²) in [5, 5.41) is 2.42. The van der Waals surface area contributed by atoms with Gasteiger partial charge in [-0.25, -0.2) is 0 Å². The average Bonchev–Trinajstić information content (AvgIpc) is 3.31. The molecule has 0 saturated heterocycles. The van der Waals surface area contributed by atoms with E-state index in [4.69, 9.17) is 4.42 Å². The van der Waals surface area contributed by atoms with Gasteiger partial charge in [0.05, 0.1) is 5.69 Å². The molecule has 28 heavy (non-hydrogen) atoms. The number of para-hydroxylation sites is 1. The molecule has 1 aromatic heterocycles. The third-order valence-electron chi connectivity index (χ3n) is 6.92. The van der Waals surface area contributed by atoms with Crippen molar-refractivity contribution in [3.8, 4) is 0 Å². The predicted octanol–water partition coefficient (Wildman–Crippen LogP) is 7.66. The van der Waals surface area contributed by atoms with Gasteiger partial charge in [0.15, 0.2) is 5.58 Å². The van der Waals surface area contributed by atoms with Crippen LogP contribution in [-0.4, -0.2) is 6.04 Å². The first-order valence-electron chi connectivity index (χ1n) is 10.8. The second-order valence-electron chi connectivity index (χ2n) is 9.01. The van der Waals surface area contributed by atoms with Gasteiger partial charge in [0.25, 0.3) is 0 Å². The average molecular weight is 376 g/mol. The lowest BCUT2D eigenvalue weighted by molar-refractivity contribution is 0.377. The van der Waals surface area contributed by atoms with Crippen molar-refractivity contribution in [1.82, 2.24) is 0 Å². The summed E-state index contributed by atoms with van der Waals surface area (Å²) in [6, 6.07) is 13.4. The van der Waals surface area contributed by atoms with E-state index in [9.17, 15) is 0 Å². The van der Waals surface area contributed by atoms with Gasteiger partial charge in [0, 0.05) is 23.0 Å². The fraction of sp³-hybridized carbons (Fsp3) is 0.462. The number of hydrogen-bond acceptors (Lipinski definition) is 2. The molecule has 1 saturated carbocycles. The molecule has 0 bridgehead atoms. The minimum atomic E-state index is 0.163. The van der Waals surface area contributed by atoms with Crippen LogP contribution in [0.25, 0.3) is 21.9 Å². The maximum absolute atomic E-state index is 6.49. The lowest BCUT2D eigenvalue weighted by atomic mass is 9.73. The van der Waals surface area contributed by atoms with Gasteiger partial charge in [-0.3, -0.25) is 0 Å². The van der Waals surface area contributed by atoms with Gasteiger partial charge >= 0.3 is 0 Å². The van der Waals surface area contributed by atoms with Gasteiger partial charge < -0.3 is 9.32 Å². The number of furan rings is 1. The summed E-state index contributed by atoms with van der Waals surface area (Å²) in [6.45, 7) is 13.8. The Morgan fingerprint density at radius 1 is 1.18 bits per heavy atom. The number of allylic oxidation sites excluding steroid dienone is 1. The maximum Gasteiger partial charge on any atom is 0.159 e. The van der Waals surface area contributed by atoms with Crippen LogP contribution in [0.2, 0.25) is 0 Å². The van der Waals surface area contributed by atoms with Crippen LogP contribution in [0.5, 0.6) is 0 Å². The molecule has 3 unspecified atom stereocenters. The number of benzene rings is 2. The van der Waals surface area contributed by atoms with Crippen molar-refractivity contribution in [3.05, 3.63) is 54.2 Å². The Balaban J connectivity index is 2.07. The van der Waals surface area contributed by atoms with Crippen molar-refractivity contribution in [1.29, 1.82) is 0 Å². The van der Waals surface area contributed by atoms with Crippen LogP contribution >= 0.6 is 0 Å². The normalized spacial score (nSPS) is 21.7. The first kappa shape index (κ1) is 19.1. The van der Waals surface area contributed by atoms with E-state index in [2.05, 4.69) is 95.1 Å². The Bertz CT molecular complexity index is 1030. The molecule has 2 nitrogen and oxygen atoms in total. The van der Waals surface area contributed by atoms with Crippen molar-refractivity contribution in [3.63, 3.8) is 0 Å². The van der Waals surface area contributed by atoms with E-state index in [0.717, 1.165) is 29.4 Å². The second-order valence-corrected chi connectivity index (χ2v) is 9.01. The highest BCUT2D eigenvalue weighted by atomic mass is 16.3. The molecular weight excluding hydrogens is 342 g/mol. The zero-order chi connectivity index (χ0) is 20.1. The first-order valence-corrected chi connectivity index (χ1v) is 10.8. The van der Waals surface area contributed by atoms with Gasteiger partial charge in [0.2, 0.25) is 0 Å². The largest absolute Gasteiger partial charge is 0.454 e. The highest BCUT2D eigenvalue weighted by molar-refractivity contribution is 6.09. The van der Waals surface area contributed by atoms with Crippen LogP contribution in [0.3, 0.4) is 0 Å². The molecule has 3 atom stereocenters. The lowest BCUT2D eigenvalue weighted by Gasteiger charge is -2.36. The highest BCUT2D eigenvalue weighted by Gasteiger charge is 2.48. The molecule has 4 rings (SSSR count). The summed E-state index contributed by atoms with van der Waals surface area (Å²) >= 11 is 0. The van der Waals surface area contributed by atoms with Crippen LogP contribution in [0.4, 0.5) is 5.69 Å². The summed E-state index contributed by atoms with van der Waals surface area (Å²) in [4.78, 5) is 2.40. The van der Waals surface area contributed by atoms with Crippen molar-refractivity contribution >= 4 is 27.6 Å². The fourth-order valence-electron chi connectivity index (χ4n) is 5.02. The topological polar surface area (TPSA) is 16.4 Å². The van der Waals surface area contributed by atoms with Gasteiger partial charge in [-0.15, -0.1) is 0 Å². The van der Waals surface area contributed by atoms with E-state index in [0.29, 0.717) is 6.04 Å². The third kappa shape index (κ3) is 2.85. The molecule has 3 aromatic rings. The molecule has 2 heteroatoms. The monoisotopic (exact) mass is 375 g/mol. The van der Waals surface area contributed by atoms with Crippen LogP contribution in [0, 0.1) is 11.8 Å². The van der Waals surface area contributed by atoms with E-state index < -0.39 is 0 Å². The van der Waals surface area contributed by atoms with Crippen molar-refractivity contribution in [2.24, 2.45) is 11.8 Å². The minimum Gasteiger partial charge on any atom is -0.454 e. The van der Waals surface area contributed by atoms with Crippen LogP contribution in [-0.2, 0) is 5.41 Å². The quantitative estimate of drug-likeness (QED) is 0.440. The van der Waals surface area contributed by atoms with E-state index >= 15 is 0 Å². The maximum atomic E-state index is 6.49. The van der Waals surface area contributed by atoms with Gasteiger partial charge in [-0.2, -0.15) is 0 Å². The number of fused-ring (bicyclic) bond motifs is 3. The van der Waals surface area contributed by atoms with Gasteiger partial charge in [0.1, 0.15) is 5.58 Å². The van der Waals surface area contributed by atoms with Gasteiger partial charge in [-0.1, -0.05) is 57.2 Å². The molecule has 0 aliphatic heterocycles. The third-order valence-corrected chi connectivity index (χ3v) is 6.92. The standard InChI is InChI=1S/C26H33NO/c1-7-15-27(17(3)4)24-21(26(6,8-2)22-16-18(22)5)14-13-20-19-11-9-10-12-23(19)28-25(20)24/h7,9-15,17-18,22H,8,16H2,1-6H3/b15-7-. The minimum absolute atomic E-state index is 0.163. The number of nitrogens with zero attached hydrogens (tertiary/aromatic N) is 1. The molecular formula is C26H33NO. The molecule has 0 N–H and O–H groups in total. The van der Waals surface area contributed by atoms with E-state index in [-0.39, 0.29) is 5.41 Å². The SMILES string of the molecule is C/C=C\N(c1c(C(C)(CC)C2CC2C)ccc2c1oc1ccccc12)C(C)C. The van der Waals surface area contributed by atoms with E-state index in [1.165, 1.54) is 28.4 Å². The Morgan fingerprint density at radius 3 is 2.50 bits per heavy atom. The predicted molar refractivity (Wildman–Crippen MR) is 121 cm³/mol. The smallest absolute Gasteiger partial charge is 0.159 e. The van der Waals surface area contributed by atoms with Crippen molar-refractivity contribution < 1.29 is 4.42 Å². The highest BCUT2D eigenvalue weighted by Crippen LogP contribution is 2.56. The molecule has 1 fully saturated rings. The summed E-state index contributed by atoms with van der Waals surface area (Å²) in [5.74, 6) is 1.55. The first-order chi connectivity index (χ1) is 13.4. The zero-order valence-corrected chi connectivity index (χ0v) is 18.1. The number of anilines is 1. The zero-order valence-electron chi connectivity index (χ0n) is 18.1. The number of hydrogen-bond donors (Lipinski definition) is 0. The summed E-state index contributed by atoms with van der Waals surface area (Å²) < 4.78 is 6.49. The van der Waals surface area contributed by atoms with E-state index in [1.807, 2.05) is 0 Å². The van der Waals surface area contributed by atoms with Crippen LogP contribution < -0.4 is 4.90 Å². The van der Waals surface area contributed by atoms with Crippen LogP contribution in [0.1, 0.15) is 59.9 Å². The van der Waals surface area contributed by atoms with Crippen molar-refractivity contribution in [2.75, 3.05) is 4.90 Å². The second kappa shape index (κ2) is 6.99. The summed E-state index contributed by atoms with van der Waals surface area (Å²) in [7, 11) is 0. The Hall–Kier alpha value is -2.22. The Labute approximate surface area is 169 Å². The molecule has 148 valence electrons. The number of rotatable bonds is 6. The molecule has 0 amide bonds. The molecule has 1 aliphatic carbocycles. The van der Waals surface area contributed by atoms with E-state index in [1.54, 1.807) is 0 Å². The molecule has 1 aliphatic rings. The van der Waals surface area contributed by atoms with Gasteiger partial charge in [-0.05, 0) is 62.5 Å². The Kier molecular flexibility index (Phi) is 4.77. The summed E-state index contributed by atoms with van der Waals surface area (Å²) in [5.41, 5.74) is 4.85. The summed E-state index contributed by atoms with van der Waals surface area (Å²) in [6.07, 6.45) is 6.81. The van der Waals surface area contributed by atoms with Crippen molar-refractivity contribution in [2.45, 2.75) is 65.8 Å². The molecule has 2 aromatic carbocycles. The molecule has 0 spiro atoms. The van der Waals surface area contributed by atoms with Crippen LogP contribution in [0.15, 0.2) is 53.1 Å². The fourth-order valence-corrected chi connectivity index (χ4v) is 5.02. The lowest BCUT2D eigenvalue weighted by Crippen LogP contribution is -2.31. The Morgan fingerprint density at radius 2 is 1.89 bits per heavy atom.